The van der Waals surface area contributed by atoms with Crippen LogP contribution in [0, 0.1) is 0 Å². The van der Waals surface area contributed by atoms with Crippen molar-refractivity contribution in [1.82, 2.24) is 9.80 Å². The highest BCUT2D eigenvalue weighted by atomic mass is 16.7. The van der Waals surface area contributed by atoms with E-state index in [1.807, 2.05) is 4.90 Å². The van der Waals surface area contributed by atoms with Crippen molar-refractivity contribution in [1.29, 1.82) is 0 Å². The third-order valence-corrected chi connectivity index (χ3v) is 2.68. The van der Waals surface area contributed by atoms with Crippen LogP contribution in [0.25, 0.3) is 0 Å². The molecule has 6 heteroatoms. The first kappa shape index (κ1) is 16.1. The number of nitrogens with zero attached hydrogens (tertiary/aromatic N) is 2. The van der Waals surface area contributed by atoms with E-state index < -0.39 is 6.16 Å². The summed E-state index contributed by atoms with van der Waals surface area (Å²) in [6, 6.07) is 0. The lowest BCUT2D eigenvalue weighted by atomic mass is 10.4. The summed E-state index contributed by atoms with van der Waals surface area (Å²) in [6.07, 6.45) is -1.25. The van der Waals surface area contributed by atoms with E-state index in [9.17, 15) is 4.79 Å². The van der Waals surface area contributed by atoms with E-state index in [2.05, 4.69) is 23.5 Å². The summed E-state index contributed by atoms with van der Waals surface area (Å²) in [5.41, 5.74) is 0. The lowest BCUT2D eigenvalue weighted by Crippen LogP contribution is -2.38. The molecule has 0 spiro atoms. The summed E-state index contributed by atoms with van der Waals surface area (Å²) < 4.78 is 4.46. The highest BCUT2D eigenvalue weighted by Gasteiger charge is 2.07. The number of aliphatic hydroxyl groups is 1. The van der Waals surface area contributed by atoms with E-state index in [0.29, 0.717) is 13.1 Å². The Balaban J connectivity index is 3.84. The topological polar surface area (TPSA) is 73.2 Å². The zero-order valence-electron chi connectivity index (χ0n) is 10.8. The number of carboxylic acid groups (broad SMARTS) is 1. The van der Waals surface area contributed by atoms with E-state index in [-0.39, 0.29) is 13.2 Å². The Morgan fingerprint density at radius 3 is 2.12 bits per heavy atom. The molecule has 102 valence electrons. The number of hydrogen-bond acceptors (Lipinski definition) is 5. The highest BCUT2D eigenvalue weighted by molar-refractivity contribution is 5.56. The van der Waals surface area contributed by atoms with Gasteiger partial charge in [-0.25, -0.2) is 4.79 Å². The van der Waals surface area contributed by atoms with E-state index in [4.69, 9.17) is 10.2 Å². The van der Waals surface area contributed by atoms with Gasteiger partial charge < -0.3 is 19.8 Å². The predicted octanol–water partition coefficient (Wildman–Crippen LogP) is 0.317. The van der Waals surface area contributed by atoms with Crippen LogP contribution in [0.3, 0.4) is 0 Å². The van der Waals surface area contributed by atoms with Gasteiger partial charge in [0, 0.05) is 26.2 Å². The molecule has 0 aromatic rings. The summed E-state index contributed by atoms with van der Waals surface area (Å²) in [5.74, 6) is 0. The number of aliphatic hydroxyl groups excluding tert-OH is 1. The van der Waals surface area contributed by atoms with Crippen molar-refractivity contribution in [3.05, 3.63) is 0 Å². The minimum atomic E-state index is -1.25. The zero-order valence-corrected chi connectivity index (χ0v) is 10.8. The molecule has 0 aliphatic carbocycles. The Morgan fingerprint density at radius 2 is 1.65 bits per heavy atom. The van der Waals surface area contributed by atoms with Gasteiger partial charge in [0.25, 0.3) is 0 Å². The van der Waals surface area contributed by atoms with Gasteiger partial charge in [-0.05, 0) is 13.1 Å². The average Bonchev–Trinajstić information content (AvgIpc) is 2.29. The molecule has 0 saturated heterocycles. The third kappa shape index (κ3) is 8.91. The highest BCUT2D eigenvalue weighted by Crippen LogP contribution is 1.93. The van der Waals surface area contributed by atoms with Crippen LogP contribution in [0.5, 0.6) is 0 Å². The van der Waals surface area contributed by atoms with Gasteiger partial charge >= 0.3 is 6.16 Å². The monoisotopic (exact) mass is 248 g/mol. The Kier molecular flexibility index (Phi) is 9.80. The molecule has 6 nitrogen and oxygen atoms in total. The van der Waals surface area contributed by atoms with Crippen molar-refractivity contribution in [2.75, 3.05) is 52.5 Å². The molecule has 0 aliphatic rings. The second kappa shape index (κ2) is 10.3. The first-order valence-electron chi connectivity index (χ1n) is 6.05. The SMILES string of the molecule is CCN(CC)CCN(CCO)CCOC(=O)O. The van der Waals surface area contributed by atoms with Gasteiger partial charge in [0.05, 0.1) is 6.61 Å². The number of carbonyl (C=O) groups is 1. The molecule has 0 fully saturated rings. The molecular weight excluding hydrogens is 224 g/mol. The van der Waals surface area contributed by atoms with Crippen molar-refractivity contribution in [3.8, 4) is 0 Å². The normalized spacial score (nSPS) is 11.1. The van der Waals surface area contributed by atoms with Crippen LogP contribution in [0.4, 0.5) is 4.79 Å². The third-order valence-electron chi connectivity index (χ3n) is 2.68. The molecule has 0 rings (SSSR count). The van der Waals surface area contributed by atoms with Crippen LogP contribution in [0.15, 0.2) is 0 Å². The van der Waals surface area contributed by atoms with Crippen molar-refractivity contribution >= 4 is 6.16 Å². The van der Waals surface area contributed by atoms with Gasteiger partial charge in [0.15, 0.2) is 0 Å². The molecule has 0 bridgehead atoms. The maximum atomic E-state index is 10.2. The van der Waals surface area contributed by atoms with Crippen LogP contribution in [0.2, 0.25) is 0 Å². The van der Waals surface area contributed by atoms with Crippen LogP contribution < -0.4 is 0 Å². The second-order valence-corrected chi connectivity index (χ2v) is 3.71. The van der Waals surface area contributed by atoms with Gasteiger partial charge in [-0.15, -0.1) is 0 Å². The Hall–Kier alpha value is -0.850. The molecule has 17 heavy (non-hydrogen) atoms. The summed E-state index contributed by atoms with van der Waals surface area (Å²) in [7, 11) is 0. The first-order valence-corrected chi connectivity index (χ1v) is 6.05. The summed E-state index contributed by atoms with van der Waals surface area (Å²) >= 11 is 0. The number of rotatable bonds is 10. The standard InChI is InChI=1S/C11H24N2O4/c1-3-12(4-2)5-6-13(7-9-14)8-10-17-11(15)16/h14H,3-10H2,1-2H3,(H,15,16). The number of likely N-dealkylation sites (N-methyl/N-ethyl adjacent to an activating group) is 1. The minimum Gasteiger partial charge on any atom is -0.450 e. The number of ether oxygens (including phenoxy) is 1. The Morgan fingerprint density at radius 1 is 1.06 bits per heavy atom. The van der Waals surface area contributed by atoms with Crippen LogP contribution in [0.1, 0.15) is 13.8 Å². The summed E-state index contributed by atoms with van der Waals surface area (Å²) in [6.45, 7) is 9.22. The minimum absolute atomic E-state index is 0.0747. The van der Waals surface area contributed by atoms with E-state index >= 15 is 0 Å². The van der Waals surface area contributed by atoms with Gasteiger partial charge in [-0.1, -0.05) is 13.8 Å². The fraction of sp³-hybridized carbons (Fsp3) is 0.909. The second-order valence-electron chi connectivity index (χ2n) is 3.71. The Labute approximate surface area is 103 Å². The van der Waals surface area contributed by atoms with E-state index in [1.165, 1.54) is 0 Å². The smallest absolute Gasteiger partial charge is 0.450 e. The molecule has 0 aromatic carbocycles. The van der Waals surface area contributed by atoms with Gasteiger partial charge in [-0.3, -0.25) is 4.90 Å². The molecule has 2 N–H and O–H groups in total. The zero-order chi connectivity index (χ0) is 13.1. The molecule has 0 atom stereocenters. The molecule has 0 heterocycles. The lowest BCUT2D eigenvalue weighted by Gasteiger charge is -2.25. The van der Waals surface area contributed by atoms with Crippen molar-refractivity contribution in [2.24, 2.45) is 0 Å². The molecule has 0 unspecified atom stereocenters. The molecule has 0 aliphatic heterocycles. The maximum absolute atomic E-state index is 10.2. The first-order chi connectivity index (χ1) is 8.13. The van der Waals surface area contributed by atoms with Crippen molar-refractivity contribution < 1.29 is 19.7 Å². The lowest BCUT2D eigenvalue weighted by molar-refractivity contribution is 0.0753. The molecule has 0 aromatic heterocycles. The largest absolute Gasteiger partial charge is 0.505 e. The molecule has 0 radical (unpaired) electrons. The van der Waals surface area contributed by atoms with Gasteiger partial charge in [0.1, 0.15) is 6.61 Å². The van der Waals surface area contributed by atoms with Crippen molar-refractivity contribution in [2.45, 2.75) is 13.8 Å². The fourth-order valence-corrected chi connectivity index (χ4v) is 1.56. The maximum Gasteiger partial charge on any atom is 0.505 e. The molecule has 0 amide bonds. The van der Waals surface area contributed by atoms with Crippen molar-refractivity contribution in [3.63, 3.8) is 0 Å². The van der Waals surface area contributed by atoms with E-state index in [1.54, 1.807) is 0 Å². The summed E-state index contributed by atoms with van der Waals surface area (Å²) in [5, 5.41) is 17.3. The molecular formula is C11H24N2O4. The molecule has 0 saturated carbocycles. The fourth-order valence-electron chi connectivity index (χ4n) is 1.56. The van der Waals surface area contributed by atoms with E-state index in [0.717, 1.165) is 26.2 Å². The predicted molar refractivity (Wildman–Crippen MR) is 65.3 cm³/mol. The Bertz CT molecular complexity index is 198. The summed E-state index contributed by atoms with van der Waals surface area (Å²) in [4.78, 5) is 14.5. The van der Waals surface area contributed by atoms with Crippen LogP contribution >= 0.6 is 0 Å². The quantitative estimate of drug-likeness (QED) is 0.542. The average molecular weight is 248 g/mol. The van der Waals surface area contributed by atoms with Crippen LogP contribution in [-0.2, 0) is 4.74 Å². The van der Waals surface area contributed by atoms with Gasteiger partial charge in [-0.2, -0.15) is 0 Å². The van der Waals surface area contributed by atoms with Crippen LogP contribution in [-0.4, -0.2) is 78.7 Å². The van der Waals surface area contributed by atoms with Gasteiger partial charge in [0.2, 0.25) is 0 Å². The number of hydrogen-bond donors (Lipinski definition) is 2.